The minimum atomic E-state index is -1.85. The first-order valence-corrected chi connectivity index (χ1v) is 6.74. The second-order valence-corrected chi connectivity index (χ2v) is 5.06. The molecule has 0 saturated carbocycles. The van der Waals surface area contributed by atoms with Gasteiger partial charge < -0.3 is 20.7 Å². The number of nitrogens with zero attached hydrogens (tertiary/aromatic N) is 4. The van der Waals surface area contributed by atoms with E-state index in [1.807, 2.05) is 0 Å². The Bertz CT molecular complexity index is 841. The van der Waals surface area contributed by atoms with E-state index in [1.165, 1.54) is 10.8 Å². The van der Waals surface area contributed by atoms with Crippen molar-refractivity contribution in [2.24, 2.45) is 0 Å². The number of alkyl halides is 1. The number of aromatic nitrogens is 4. The van der Waals surface area contributed by atoms with Crippen LogP contribution in [0.3, 0.4) is 0 Å². The molecular weight excluding hydrogens is 309 g/mol. The van der Waals surface area contributed by atoms with Gasteiger partial charge in [-0.1, -0.05) is 5.92 Å². The molecule has 3 rings (SSSR count). The van der Waals surface area contributed by atoms with Gasteiger partial charge in [0.15, 0.2) is 18.0 Å². The molecule has 1 aliphatic rings. The summed E-state index contributed by atoms with van der Waals surface area (Å²) in [5, 5.41) is 19.1. The van der Waals surface area contributed by atoms with E-state index in [2.05, 4.69) is 15.9 Å². The molecule has 122 valence electrons. The number of terminal acetylenes is 1. The number of fused-ring (bicyclic) bond motifs is 1. The Morgan fingerprint density at radius 1 is 1.57 bits per heavy atom. The van der Waals surface area contributed by atoms with E-state index in [4.69, 9.17) is 22.0 Å². The molecule has 2 aromatic rings. The number of hydrogen-bond acceptors (Lipinski definition) is 7. The maximum absolute atomic E-state index is 13.9. The molecule has 1 aliphatic heterocycles. The van der Waals surface area contributed by atoms with E-state index < -0.39 is 36.9 Å². The second-order valence-electron chi connectivity index (χ2n) is 5.06. The number of nitrogen functional groups attached to an aromatic ring is 1. The van der Waals surface area contributed by atoms with Crippen molar-refractivity contribution in [2.45, 2.75) is 31.2 Å². The minimum Gasteiger partial charge on any atom is -0.394 e. The first-order valence-electron chi connectivity index (χ1n) is 6.74. The largest absolute Gasteiger partial charge is 0.394 e. The number of ether oxygens (including phenoxy) is 1. The van der Waals surface area contributed by atoms with Crippen molar-refractivity contribution < 1.29 is 19.3 Å². The first-order chi connectivity index (χ1) is 11.0. The summed E-state index contributed by atoms with van der Waals surface area (Å²) in [6.45, 7) is -0.704. The smallest absolute Gasteiger partial charge is 0.333 e. The molecule has 4 N–H and O–H groups in total. The van der Waals surface area contributed by atoms with Crippen molar-refractivity contribution in [1.29, 1.82) is 0 Å². The molecule has 1 fully saturated rings. The van der Waals surface area contributed by atoms with E-state index in [0.717, 1.165) is 4.57 Å². The van der Waals surface area contributed by atoms with Gasteiger partial charge in [0.2, 0.25) is 5.95 Å². The normalized spacial score (nSPS) is 27.4. The van der Waals surface area contributed by atoms with Crippen molar-refractivity contribution in [1.82, 2.24) is 19.1 Å². The SMILES string of the molecule is C#CCn1c(=O)n([C@@H]2O[C@H](CO)[C@H](F)[C@H]2O)c2nc(N)ncc21. The third-order valence-corrected chi connectivity index (χ3v) is 3.70. The lowest BCUT2D eigenvalue weighted by Gasteiger charge is -2.15. The van der Waals surface area contributed by atoms with Crippen molar-refractivity contribution in [3.63, 3.8) is 0 Å². The highest BCUT2D eigenvalue weighted by Gasteiger charge is 2.46. The summed E-state index contributed by atoms with van der Waals surface area (Å²) in [6, 6.07) is 0. The molecule has 0 aliphatic carbocycles. The van der Waals surface area contributed by atoms with E-state index in [9.17, 15) is 14.3 Å². The Hall–Kier alpha value is -2.48. The predicted octanol–water partition coefficient (Wildman–Crippen LogP) is -1.60. The third-order valence-electron chi connectivity index (χ3n) is 3.70. The fourth-order valence-electron chi connectivity index (χ4n) is 2.61. The van der Waals surface area contributed by atoms with Crippen LogP contribution in [-0.2, 0) is 11.3 Å². The Balaban J connectivity index is 2.22. The quantitative estimate of drug-likeness (QED) is 0.580. The average Bonchev–Trinajstić information content (AvgIpc) is 2.95. The monoisotopic (exact) mass is 323 g/mol. The number of hydrogen-bond donors (Lipinski definition) is 3. The third kappa shape index (κ3) is 2.26. The molecule has 4 atom stereocenters. The molecule has 0 spiro atoms. The van der Waals surface area contributed by atoms with Crippen LogP contribution in [0.2, 0.25) is 0 Å². The highest BCUT2D eigenvalue weighted by Crippen LogP contribution is 2.32. The van der Waals surface area contributed by atoms with Gasteiger partial charge in [0.1, 0.15) is 17.7 Å². The number of aliphatic hydroxyl groups excluding tert-OH is 2. The molecule has 23 heavy (non-hydrogen) atoms. The molecule has 0 amide bonds. The maximum Gasteiger partial charge on any atom is 0.333 e. The van der Waals surface area contributed by atoms with Gasteiger partial charge in [0, 0.05) is 0 Å². The Kier molecular flexibility index (Phi) is 3.77. The van der Waals surface area contributed by atoms with Gasteiger partial charge in [-0.15, -0.1) is 6.42 Å². The fraction of sp³-hybridized carbons (Fsp3) is 0.462. The predicted molar refractivity (Wildman–Crippen MR) is 76.9 cm³/mol. The average molecular weight is 323 g/mol. The van der Waals surface area contributed by atoms with Crippen LogP contribution >= 0.6 is 0 Å². The summed E-state index contributed by atoms with van der Waals surface area (Å²) in [7, 11) is 0. The number of nitrogens with two attached hydrogens (primary N) is 1. The fourth-order valence-corrected chi connectivity index (χ4v) is 2.61. The molecule has 0 bridgehead atoms. The van der Waals surface area contributed by atoms with Crippen molar-refractivity contribution in [2.75, 3.05) is 12.3 Å². The van der Waals surface area contributed by atoms with E-state index >= 15 is 0 Å². The van der Waals surface area contributed by atoms with Crippen LogP contribution in [0, 0.1) is 12.3 Å². The van der Waals surface area contributed by atoms with Crippen LogP contribution in [-0.4, -0.2) is 54.3 Å². The molecule has 0 radical (unpaired) electrons. The molecule has 0 aromatic carbocycles. The standard InChI is InChI=1S/C13H14FN5O4/c1-2-3-18-6-4-16-12(15)17-10(6)19(13(18)22)11-9(21)8(14)7(5-20)23-11/h1,4,7-9,11,20-21H,3,5H2,(H2,15,16,17)/t7-,8+,9-,11-/m1/s1. The summed E-state index contributed by atoms with van der Waals surface area (Å²) in [5.41, 5.74) is 5.23. The summed E-state index contributed by atoms with van der Waals surface area (Å²) in [5.74, 6) is 2.22. The lowest BCUT2D eigenvalue weighted by molar-refractivity contribution is -0.0513. The highest BCUT2D eigenvalue weighted by molar-refractivity contribution is 5.72. The van der Waals surface area contributed by atoms with Crippen LogP contribution in [0.4, 0.5) is 10.3 Å². The van der Waals surface area contributed by atoms with Crippen LogP contribution in [0.25, 0.3) is 11.2 Å². The molecule has 0 unspecified atom stereocenters. The van der Waals surface area contributed by atoms with Crippen molar-refractivity contribution >= 4 is 17.1 Å². The van der Waals surface area contributed by atoms with Crippen molar-refractivity contribution in [3.05, 3.63) is 16.7 Å². The first kappa shape index (κ1) is 15.4. The molecule has 10 heteroatoms. The van der Waals surface area contributed by atoms with Gasteiger partial charge in [-0.25, -0.2) is 18.7 Å². The number of anilines is 1. The van der Waals surface area contributed by atoms with E-state index in [1.54, 1.807) is 0 Å². The summed E-state index contributed by atoms with van der Waals surface area (Å²) in [4.78, 5) is 20.3. The number of aliphatic hydroxyl groups is 2. The second kappa shape index (κ2) is 5.62. The van der Waals surface area contributed by atoms with E-state index in [0.29, 0.717) is 0 Å². The topological polar surface area (TPSA) is 128 Å². The van der Waals surface area contributed by atoms with Crippen molar-refractivity contribution in [3.8, 4) is 12.3 Å². The summed E-state index contributed by atoms with van der Waals surface area (Å²) in [6.07, 6.45) is 0.466. The molecular formula is C13H14FN5O4. The number of imidazole rings is 1. The van der Waals surface area contributed by atoms with Crippen LogP contribution < -0.4 is 11.4 Å². The summed E-state index contributed by atoms with van der Waals surface area (Å²) >= 11 is 0. The minimum absolute atomic E-state index is 0.0626. The Labute approximate surface area is 129 Å². The van der Waals surface area contributed by atoms with Gasteiger partial charge in [-0.2, -0.15) is 4.98 Å². The number of halogens is 1. The molecule has 9 nitrogen and oxygen atoms in total. The maximum atomic E-state index is 13.9. The van der Waals surface area contributed by atoms with Crippen LogP contribution in [0.15, 0.2) is 11.0 Å². The molecule has 1 saturated heterocycles. The van der Waals surface area contributed by atoms with Gasteiger partial charge >= 0.3 is 5.69 Å². The highest BCUT2D eigenvalue weighted by atomic mass is 19.1. The van der Waals surface area contributed by atoms with Gasteiger partial charge in [-0.05, 0) is 0 Å². The Morgan fingerprint density at radius 2 is 2.30 bits per heavy atom. The molecule has 2 aromatic heterocycles. The van der Waals surface area contributed by atoms with Gasteiger partial charge in [-0.3, -0.25) is 4.57 Å². The van der Waals surface area contributed by atoms with Crippen LogP contribution in [0.5, 0.6) is 0 Å². The van der Waals surface area contributed by atoms with Gasteiger partial charge in [0.25, 0.3) is 0 Å². The lowest BCUT2D eigenvalue weighted by Crippen LogP contribution is -2.34. The lowest BCUT2D eigenvalue weighted by atomic mass is 10.1. The zero-order valence-corrected chi connectivity index (χ0v) is 11.8. The zero-order chi connectivity index (χ0) is 16.7. The number of rotatable bonds is 3. The van der Waals surface area contributed by atoms with E-state index in [-0.39, 0.29) is 23.7 Å². The summed E-state index contributed by atoms with van der Waals surface area (Å²) < 4.78 is 21.4. The molecule has 3 heterocycles. The van der Waals surface area contributed by atoms with Crippen LogP contribution in [0.1, 0.15) is 6.23 Å². The van der Waals surface area contributed by atoms with Gasteiger partial charge in [0.05, 0.1) is 19.3 Å². The Morgan fingerprint density at radius 3 is 2.91 bits per heavy atom. The zero-order valence-electron chi connectivity index (χ0n) is 11.8.